The maximum atomic E-state index is 12.2. The molecule has 3 N–H and O–H groups in total. The Labute approximate surface area is 149 Å². The molecule has 26 heavy (non-hydrogen) atoms. The number of aromatic carboxylic acids is 1. The van der Waals surface area contributed by atoms with Crippen molar-refractivity contribution < 1.29 is 19.4 Å². The lowest BCUT2D eigenvalue weighted by molar-refractivity contribution is -0.115. The summed E-state index contributed by atoms with van der Waals surface area (Å²) >= 11 is 0. The van der Waals surface area contributed by atoms with Crippen LogP contribution in [0.4, 0.5) is 5.82 Å². The molecule has 0 fully saturated rings. The van der Waals surface area contributed by atoms with Gasteiger partial charge in [0.1, 0.15) is 5.75 Å². The number of anilines is 1. The minimum Gasteiger partial charge on any atom is -0.497 e. The first-order valence-corrected chi connectivity index (χ1v) is 7.87. The van der Waals surface area contributed by atoms with Crippen LogP contribution in [0.3, 0.4) is 0 Å². The number of amides is 1. The van der Waals surface area contributed by atoms with Gasteiger partial charge in [-0.1, -0.05) is 30.3 Å². The third-order valence-electron chi connectivity index (χ3n) is 3.82. The van der Waals surface area contributed by atoms with Gasteiger partial charge in [-0.3, -0.25) is 9.89 Å². The van der Waals surface area contributed by atoms with Crippen molar-refractivity contribution in [2.24, 2.45) is 0 Å². The van der Waals surface area contributed by atoms with Crippen molar-refractivity contribution in [1.29, 1.82) is 0 Å². The summed E-state index contributed by atoms with van der Waals surface area (Å²) < 4.78 is 5.19. The van der Waals surface area contributed by atoms with Crippen LogP contribution in [0.1, 0.15) is 15.9 Å². The van der Waals surface area contributed by atoms with E-state index in [0.717, 1.165) is 11.3 Å². The molecule has 0 saturated heterocycles. The second-order valence-electron chi connectivity index (χ2n) is 5.59. The number of methoxy groups -OCH3 is 1. The second-order valence-corrected chi connectivity index (χ2v) is 5.59. The molecule has 0 aliphatic heterocycles. The van der Waals surface area contributed by atoms with Gasteiger partial charge in [-0.25, -0.2) is 4.79 Å². The molecule has 0 aliphatic carbocycles. The van der Waals surface area contributed by atoms with Gasteiger partial charge in [0.15, 0.2) is 5.82 Å². The van der Waals surface area contributed by atoms with Crippen LogP contribution in [0, 0.1) is 0 Å². The van der Waals surface area contributed by atoms with E-state index in [1.54, 1.807) is 31.4 Å². The lowest BCUT2D eigenvalue weighted by Crippen LogP contribution is -2.16. The van der Waals surface area contributed by atoms with Gasteiger partial charge >= 0.3 is 5.97 Å². The molecule has 1 heterocycles. The molecule has 0 spiro atoms. The van der Waals surface area contributed by atoms with Crippen LogP contribution in [-0.4, -0.2) is 34.3 Å². The number of benzene rings is 2. The molecular weight excluding hydrogens is 334 g/mol. The molecule has 132 valence electrons. The highest BCUT2D eigenvalue weighted by molar-refractivity contribution is 5.95. The molecule has 0 aliphatic rings. The van der Waals surface area contributed by atoms with Crippen molar-refractivity contribution in [2.75, 3.05) is 12.4 Å². The van der Waals surface area contributed by atoms with Crippen LogP contribution in [0.25, 0.3) is 11.3 Å². The van der Waals surface area contributed by atoms with E-state index in [4.69, 9.17) is 4.74 Å². The fourth-order valence-corrected chi connectivity index (χ4v) is 2.57. The summed E-state index contributed by atoms with van der Waals surface area (Å²) in [6.45, 7) is 0. The standard InChI is InChI=1S/C19H17N3O4/c1-26-14-7-4-6-13(9-14)16-11-17(22-21-16)20-18(23)10-12-5-2-3-8-15(12)19(24)25/h2-9,11H,10H2,1H3,(H,24,25)(H2,20,21,22,23). The molecule has 0 radical (unpaired) electrons. The third kappa shape index (κ3) is 3.89. The smallest absolute Gasteiger partial charge is 0.335 e. The number of carboxylic acid groups (broad SMARTS) is 1. The van der Waals surface area contributed by atoms with Gasteiger partial charge in [0.2, 0.25) is 5.91 Å². The Kier molecular flexibility index (Phi) is 4.98. The fraction of sp³-hybridized carbons (Fsp3) is 0.105. The number of aromatic amines is 1. The van der Waals surface area contributed by atoms with Gasteiger partial charge in [-0.15, -0.1) is 0 Å². The summed E-state index contributed by atoms with van der Waals surface area (Å²) in [6.07, 6.45) is -0.0518. The number of ether oxygens (including phenoxy) is 1. The third-order valence-corrected chi connectivity index (χ3v) is 3.82. The maximum absolute atomic E-state index is 12.2. The van der Waals surface area contributed by atoms with Gasteiger partial charge < -0.3 is 15.2 Å². The Morgan fingerprint density at radius 1 is 1.15 bits per heavy atom. The predicted molar refractivity (Wildman–Crippen MR) is 96.3 cm³/mol. The Hall–Kier alpha value is -3.61. The minimum atomic E-state index is -1.06. The predicted octanol–water partition coefficient (Wildman–Crippen LogP) is 2.96. The highest BCUT2D eigenvalue weighted by atomic mass is 16.5. The SMILES string of the molecule is COc1cccc(-c2cc(NC(=O)Cc3ccccc3C(=O)O)n[nH]2)c1. The number of nitrogens with zero attached hydrogens (tertiary/aromatic N) is 1. The quantitative estimate of drug-likeness (QED) is 0.633. The van der Waals surface area contributed by atoms with Crippen molar-refractivity contribution in [2.45, 2.75) is 6.42 Å². The summed E-state index contributed by atoms with van der Waals surface area (Å²) in [5, 5.41) is 18.8. The van der Waals surface area contributed by atoms with Crippen LogP contribution in [0.5, 0.6) is 5.75 Å². The van der Waals surface area contributed by atoms with Crippen molar-refractivity contribution in [3.8, 4) is 17.0 Å². The van der Waals surface area contributed by atoms with Crippen molar-refractivity contribution in [1.82, 2.24) is 10.2 Å². The summed E-state index contributed by atoms with van der Waals surface area (Å²) in [4.78, 5) is 23.4. The first-order valence-electron chi connectivity index (χ1n) is 7.87. The van der Waals surface area contributed by atoms with Crippen molar-refractivity contribution in [3.05, 3.63) is 65.7 Å². The molecule has 3 rings (SSSR count). The zero-order valence-electron chi connectivity index (χ0n) is 14.0. The molecule has 0 bridgehead atoms. The number of carboxylic acids is 1. The van der Waals surface area contributed by atoms with E-state index in [2.05, 4.69) is 15.5 Å². The number of rotatable bonds is 6. The minimum absolute atomic E-state index is 0.0518. The van der Waals surface area contributed by atoms with Gasteiger partial charge in [0.05, 0.1) is 24.8 Å². The number of hydrogen-bond acceptors (Lipinski definition) is 4. The topological polar surface area (TPSA) is 104 Å². The number of carbonyl (C=O) groups is 2. The van der Waals surface area contributed by atoms with Crippen LogP contribution in [0.15, 0.2) is 54.6 Å². The van der Waals surface area contributed by atoms with Crippen LogP contribution < -0.4 is 10.1 Å². The number of hydrogen-bond donors (Lipinski definition) is 3. The zero-order valence-corrected chi connectivity index (χ0v) is 14.0. The molecule has 7 heteroatoms. The average molecular weight is 351 g/mol. The maximum Gasteiger partial charge on any atom is 0.335 e. The largest absolute Gasteiger partial charge is 0.497 e. The van der Waals surface area contributed by atoms with E-state index in [1.165, 1.54) is 6.07 Å². The average Bonchev–Trinajstić information content (AvgIpc) is 3.10. The van der Waals surface area contributed by atoms with E-state index in [9.17, 15) is 14.7 Å². The van der Waals surface area contributed by atoms with Gasteiger partial charge in [-0.2, -0.15) is 5.10 Å². The fourth-order valence-electron chi connectivity index (χ4n) is 2.57. The summed E-state index contributed by atoms with van der Waals surface area (Å²) in [5.41, 5.74) is 2.15. The van der Waals surface area contributed by atoms with E-state index >= 15 is 0 Å². The number of nitrogens with one attached hydrogen (secondary N) is 2. The van der Waals surface area contributed by atoms with E-state index in [0.29, 0.717) is 17.1 Å². The molecule has 0 unspecified atom stereocenters. The van der Waals surface area contributed by atoms with Crippen molar-refractivity contribution >= 4 is 17.7 Å². The first-order chi connectivity index (χ1) is 12.6. The van der Waals surface area contributed by atoms with E-state index < -0.39 is 5.97 Å². The highest BCUT2D eigenvalue weighted by Gasteiger charge is 2.14. The number of aromatic nitrogens is 2. The Morgan fingerprint density at radius 2 is 1.96 bits per heavy atom. The number of carbonyl (C=O) groups excluding carboxylic acids is 1. The van der Waals surface area contributed by atoms with Gasteiger partial charge in [-0.05, 0) is 23.8 Å². The van der Waals surface area contributed by atoms with Gasteiger partial charge in [0.25, 0.3) is 0 Å². The molecule has 1 aromatic heterocycles. The monoisotopic (exact) mass is 351 g/mol. The van der Waals surface area contributed by atoms with Crippen LogP contribution in [-0.2, 0) is 11.2 Å². The van der Waals surface area contributed by atoms with Crippen LogP contribution in [0.2, 0.25) is 0 Å². The normalized spacial score (nSPS) is 10.3. The Morgan fingerprint density at radius 3 is 2.73 bits per heavy atom. The molecule has 3 aromatic rings. The molecule has 7 nitrogen and oxygen atoms in total. The summed E-state index contributed by atoms with van der Waals surface area (Å²) in [6, 6.07) is 15.6. The van der Waals surface area contributed by atoms with Crippen molar-refractivity contribution in [3.63, 3.8) is 0 Å². The van der Waals surface area contributed by atoms with E-state index in [-0.39, 0.29) is 17.9 Å². The second kappa shape index (κ2) is 7.52. The first kappa shape index (κ1) is 17.2. The number of H-pyrrole nitrogens is 1. The molecule has 1 amide bonds. The highest BCUT2D eigenvalue weighted by Crippen LogP contribution is 2.24. The molecule has 0 atom stereocenters. The molecular formula is C19H17N3O4. The molecule has 2 aromatic carbocycles. The molecule has 0 saturated carbocycles. The zero-order chi connectivity index (χ0) is 18.5. The Balaban J connectivity index is 1.71. The summed E-state index contributed by atoms with van der Waals surface area (Å²) in [7, 11) is 1.59. The summed E-state index contributed by atoms with van der Waals surface area (Å²) in [5.74, 6) is -0.329. The lowest BCUT2D eigenvalue weighted by Gasteiger charge is -2.05. The van der Waals surface area contributed by atoms with Gasteiger partial charge in [0, 0.05) is 11.6 Å². The van der Waals surface area contributed by atoms with E-state index in [1.807, 2.05) is 24.3 Å². The Bertz CT molecular complexity index is 949. The van der Waals surface area contributed by atoms with Crippen LogP contribution >= 0.6 is 0 Å². The lowest BCUT2D eigenvalue weighted by atomic mass is 10.0.